The molecule has 0 saturated carbocycles. The van der Waals surface area contributed by atoms with E-state index in [4.69, 9.17) is 0 Å². The van der Waals surface area contributed by atoms with Crippen molar-refractivity contribution in [3.05, 3.63) is 65.2 Å². The summed E-state index contributed by atoms with van der Waals surface area (Å²) < 4.78 is 0. The number of benzene rings is 2. The summed E-state index contributed by atoms with van der Waals surface area (Å²) in [5.41, 5.74) is 2.92. The summed E-state index contributed by atoms with van der Waals surface area (Å²) in [5.74, 6) is -0.227. The van der Waals surface area contributed by atoms with Gasteiger partial charge in [0.25, 0.3) is 11.8 Å². The number of rotatable bonds is 3. The molecule has 25 heavy (non-hydrogen) atoms. The van der Waals surface area contributed by atoms with E-state index in [-0.39, 0.29) is 11.8 Å². The standard InChI is InChI=1S/C20H23N3O2/c1-15-6-8-18(9-7-15)21-19(24)16-4-3-5-17(14-16)20(25)23-12-10-22(2)11-13-23/h3-9,14H,10-13H2,1-2H3,(H,21,24). The van der Waals surface area contributed by atoms with Crippen LogP contribution in [0.25, 0.3) is 0 Å². The fraction of sp³-hybridized carbons (Fsp3) is 0.300. The van der Waals surface area contributed by atoms with Crippen LogP contribution in [0.4, 0.5) is 5.69 Å². The molecule has 130 valence electrons. The van der Waals surface area contributed by atoms with Gasteiger partial charge in [0.2, 0.25) is 0 Å². The number of hydrogen-bond donors (Lipinski definition) is 1. The lowest BCUT2D eigenvalue weighted by molar-refractivity contribution is 0.0664. The maximum absolute atomic E-state index is 12.7. The molecule has 1 fully saturated rings. The van der Waals surface area contributed by atoms with E-state index in [2.05, 4.69) is 17.3 Å². The molecule has 2 amide bonds. The number of amides is 2. The molecule has 5 nitrogen and oxygen atoms in total. The second kappa shape index (κ2) is 7.49. The molecule has 2 aromatic rings. The molecule has 3 rings (SSSR count). The van der Waals surface area contributed by atoms with Crippen LogP contribution < -0.4 is 5.32 Å². The Morgan fingerprint density at radius 3 is 2.24 bits per heavy atom. The molecule has 0 aliphatic carbocycles. The highest BCUT2D eigenvalue weighted by Crippen LogP contribution is 2.14. The first-order valence-corrected chi connectivity index (χ1v) is 8.49. The molecular formula is C20H23N3O2. The third-order valence-corrected chi connectivity index (χ3v) is 4.47. The Morgan fingerprint density at radius 1 is 0.920 bits per heavy atom. The summed E-state index contributed by atoms with van der Waals surface area (Å²) in [4.78, 5) is 29.2. The highest BCUT2D eigenvalue weighted by molar-refractivity contribution is 6.06. The van der Waals surface area contributed by atoms with Crippen LogP contribution in [-0.2, 0) is 0 Å². The molecule has 5 heteroatoms. The van der Waals surface area contributed by atoms with Gasteiger partial charge in [0.05, 0.1) is 0 Å². The topological polar surface area (TPSA) is 52.7 Å². The minimum absolute atomic E-state index is 0.0157. The Balaban J connectivity index is 1.71. The van der Waals surface area contributed by atoms with Gasteiger partial charge in [-0.15, -0.1) is 0 Å². The van der Waals surface area contributed by atoms with Crippen LogP contribution >= 0.6 is 0 Å². The molecule has 0 radical (unpaired) electrons. The molecule has 0 aromatic heterocycles. The van der Waals surface area contributed by atoms with Gasteiger partial charge in [0.1, 0.15) is 0 Å². The van der Waals surface area contributed by atoms with Gasteiger partial charge in [0, 0.05) is 43.0 Å². The van der Waals surface area contributed by atoms with Gasteiger partial charge >= 0.3 is 0 Å². The quantitative estimate of drug-likeness (QED) is 0.937. The molecule has 1 aliphatic rings. The zero-order chi connectivity index (χ0) is 17.8. The van der Waals surface area contributed by atoms with Gasteiger partial charge in [0.15, 0.2) is 0 Å². The van der Waals surface area contributed by atoms with E-state index in [1.165, 1.54) is 0 Å². The molecular weight excluding hydrogens is 314 g/mol. The van der Waals surface area contributed by atoms with Crippen molar-refractivity contribution >= 4 is 17.5 Å². The van der Waals surface area contributed by atoms with Crippen LogP contribution in [0.3, 0.4) is 0 Å². The molecule has 0 unspecified atom stereocenters. The van der Waals surface area contributed by atoms with Crippen LogP contribution in [0.5, 0.6) is 0 Å². The summed E-state index contributed by atoms with van der Waals surface area (Å²) in [6.07, 6.45) is 0. The van der Waals surface area contributed by atoms with Gasteiger partial charge < -0.3 is 15.1 Å². The van der Waals surface area contributed by atoms with Crippen molar-refractivity contribution in [3.63, 3.8) is 0 Å². The van der Waals surface area contributed by atoms with Crippen molar-refractivity contribution in [1.82, 2.24) is 9.80 Å². The van der Waals surface area contributed by atoms with Crippen molar-refractivity contribution in [1.29, 1.82) is 0 Å². The van der Waals surface area contributed by atoms with Crippen molar-refractivity contribution < 1.29 is 9.59 Å². The number of hydrogen-bond acceptors (Lipinski definition) is 3. The molecule has 1 N–H and O–H groups in total. The zero-order valence-electron chi connectivity index (χ0n) is 14.7. The predicted octanol–water partition coefficient (Wildman–Crippen LogP) is 2.63. The minimum atomic E-state index is -0.211. The predicted molar refractivity (Wildman–Crippen MR) is 99.0 cm³/mol. The van der Waals surface area contributed by atoms with Crippen molar-refractivity contribution in [3.8, 4) is 0 Å². The molecule has 1 heterocycles. The zero-order valence-corrected chi connectivity index (χ0v) is 14.7. The van der Waals surface area contributed by atoms with Crippen molar-refractivity contribution in [2.45, 2.75) is 6.92 Å². The highest BCUT2D eigenvalue weighted by atomic mass is 16.2. The van der Waals surface area contributed by atoms with E-state index < -0.39 is 0 Å². The molecule has 0 atom stereocenters. The largest absolute Gasteiger partial charge is 0.336 e. The summed E-state index contributed by atoms with van der Waals surface area (Å²) in [6, 6.07) is 14.6. The number of piperazine rings is 1. The first kappa shape index (κ1) is 17.2. The second-order valence-electron chi connectivity index (χ2n) is 6.50. The van der Waals surface area contributed by atoms with Crippen molar-refractivity contribution in [2.24, 2.45) is 0 Å². The molecule has 1 saturated heterocycles. The summed E-state index contributed by atoms with van der Waals surface area (Å²) >= 11 is 0. The number of likely N-dealkylation sites (N-methyl/N-ethyl adjacent to an activating group) is 1. The average Bonchev–Trinajstić information content (AvgIpc) is 2.64. The fourth-order valence-corrected chi connectivity index (χ4v) is 2.83. The van der Waals surface area contributed by atoms with Crippen LogP contribution in [0, 0.1) is 6.92 Å². The first-order chi connectivity index (χ1) is 12.0. The maximum atomic E-state index is 12.7. The molecule has 2 aromatic carbocycles. The lowest BCUT2D eigenvalue weighted by Crippen LogP contribution is -2.47. The smallest absolute Gasteiger partial charge is 0.255 e. The third-order valence-electron chi connectivity index (χ3n) is 4.47. The summed E-state index contributed by atoms with van der Waals surface area (Å²) in [5, 5.41) is 2.87. The van der Waals surface area contributed by atoms with Gasteiger partial charge in [-0.3, -0.25) is 9.59 Å². The first-order valence-electron chi connectivity index (χ1n) is 8.49. The van der Waals surface area contributed by atoms with Gasteiger partial charge in [-0.25, -0.2) is 0 Å². The van der Waals surface area contributed by atoms with Crippen LogP contribution in [-0.4, -0.2) is 54.8 Å². The molecule has 0 bridgehead atoms. The van der Waals surface area contributed by atoms with E-state index in [9.17, 15) is 9.59 Å². The Labute approximate surface area is 148 Å². The van der Waals surface area contributed by atoms with E-state index in [1.807, 2.05) is 36.1 Å². The number of anilines is 1. The lowest BCUT2D eigenvalue weighted by Gasteiger charge is -2.32. The average molecular weight is 337 g/mol. The lowest BCUT2D eigenvalue weighted by atomic mass is 10.1. The van der Waals surface area contributed by atoms with Crippen molar-refractivity contribution in [2.75, 3.05) is 38.5 Å². The molecule has 1 aliphatic heterocycles. The Hall–Kier alpha value is -2.66. The highest BCUT2D eigenvalue weighted by Gasteiger charge is 2.21. The van der Waals surface area contributed by atoms with E-state index >= 15 is 0 Å². The summed E-state index contributed by atoms with van der Waals surface area (Å²) in [6.45, 7) is 5.18. The van der Waals surface area contributed by atoms with Gasteiger partial charge in [-0.05, 0) is 44.3 Å². The number of nitrogens with zero attached hydrogens (tertiary/aromatic N) is 2. The van der Waals surface area contributed by atoms with Gasteiger partial charge in [-0.1, -0.05) is 23.8 Å². The Morgan fingerprint density at radius 2 is 1.56 bits per heavy atom. The monoisotopic (exact) mass is 337 g/mol. The number of carbonyl (C=O) groups is 2. The van der Waals surface area contributed by atoms with Crippen LogP contribution in [0.2, 0.25) is 0 Å². The number of aryl methyl sites for hydroxylation is 1. The Bertz CT molecular complexity index is 763. The fourth-order valence-electron chi connectivity index (χ4n) is 2.83. The van der Waals surface area contributed by atoms with E-state index in [1.54, 1.807) is 24.3 Å². The Kier molecular flexibility index (Phi) is 5.14. The third kappa shape index (κ3) is 4.25. The molecule has 0 spiro atoms. The second-order valence-corrected chi connectivity index (χ2v) is 6.50. The van der Waals surface area contributed by atoms with E-state index in [0.717, 1.165) is 37.4 Å². The van der Waals surface area contributed by atoms with E-state index in [0.29, 0.717) is 11.1 Å². The minimum Gasteiger partial charge on any atom is -0.336 e. The van der Waals surface area contributed by atoms with Crippen LogP contribution in [0.1, 0.15) is 26.3 Å². The summed E-state index contributed by atoms with van der Waals surface area (Å²) in [7, 11) is 2.05. The number of nitrogens with one attached hydrogen (secondary N) is 1. The number of carbonyl (C=O) groups excluding carboxylic acids is 2. The van der Waals surface area contributed by atoms with Gasteiger partial charge in [-0.2, -0.15) is 0 Å². The normalized spacial score (nSPS) is 15.0. The SMILES string of the molecule is Cc1ccc(NC(=O)c2cccc(C(=O)N3CCN(C)CC3)c2)cc1. The maximum Gasteiger partial charge on any atom is 0.255 e. The van der Waals surface area contributed by atoms with Crippen LogP contribution in [0.15, 0.2) is 48.5 Å².